The molecular formula is C19H19N3O2. The number of aromatic amines is 1. The van der Waals surface area contributed by atoms with E-state index in [9.17, 15) is 4.79 Å². The van der Waals surface area contributed by atoms with Crippen molar-refractivity contribution in [3.05, 3.63) is 53.7 Å². The van der Waals surface area contributed by atoms with Gasteiger partial charge in [0.2, 0.25) is 0 Å². The van der Waals surface area contributed by atoms with Gasteiger partial charge in [-0.05, 0) is 49.7 Å². The molecule has 4 rings (SSSR count). The van der Waals surface area contributed by atoms with E-state index in [1.165, 1.54) is 5.56 Å². The van der Waals surface area contributed by atoms with Crippen molar-refractivity contribution in [3.63, 3.8) is 0 Å². The quantitative estimate of drug-likeness (QED) is 0.670. The SMILES string of the molecule is Cc1ccc2[nH]c(C(=O)Nc3ccc4c(c3)NCCCO4)cc2c1. The molecule has 0 fully saturated rings. The molecule has 3 N–H and O–H groups in total. The lowest BCUT2D eigenvalue weighted by molar-refractivity contribution is 0.102. The number of carbonyl (C=O) groups excluding carboxylic acids is 1. The zero-order chi connectivity index (χ0) is 16.5. The molecule has 0 saturated heterocycles. The maximum absolute atomic E-state index is 12.5. The van der Waals surface area contributed by atoms with E-state index in [2.05, 4.69) is 21.7 Å². The van der Waals surface area contributed by atoms with Crippen molar-refractivity contribution in [2.75, 3.05) is 23.8 Å². The summed E-state index contributed by atoms with van der Waals surface area (Å²) in [6, 6.07) is 13.6. The van der Waals surface area contributed by atoms with E-state index in [0.717, 1.165) is 41.0 Å². The second kappa shape index (κ2) is 5.92. The van der Waals surface area contributed by atoms with Crippen LogP contribution in [-0.4, -0.2) is 24.0 Å². The van der Waals surface area contributed by atoms with E-state index in [4.69, 9.17) is 4.74 Å². The molecule has 1 amide bonds. The molecule has 0 radical (unpaired) electrons. The number of carbonyl (C=O) groups is 1. The van der Waals surface area contributed by atoms with Gasteiger partial charge in [0.1, 0.15) is 11.4 Å². The smallest absolute Gasteiger partial charge is 0.272 e. The van der Waals surface area contributed by atoms with Crippen LogP contribution in [-0.2, 0) is 0 Å². The molecule has 0 aliphatic carbocycles. The van der Waals surface area contributed by atoms with Crippen molar-refractivity contribution in [2.24, 2.45) is 0 Å². The first kappa shape index (κ1) is 14.6. The number of amides is 1. The van der Waals surface area contributed by atoms with Crippen LogP contribution in [0.5, 0.6) is 5.75 Å². The molecule has 0 spiro atoms. The average molecular weight is 321 g/mol. The topological polar surface area (TPSA) is 66.2 Å². The van der Waals surface area contributed by atoms with Crippen LogP contribution in [0.2, 0.25) is 0 Å². The van der Waals surface area contributed by atoms with E-state index >= 15 is 0 Å². The number of ether oxygens (including phenoxy) is 1. The van der Waals surface area contributed by atoms with Crippen molar-refractivity contribution in [2.45, 2.75) is 13.3 Å². The summed E-state index contributed by atoms with van der Waals surface area (Å²) in [4.78, 5) is 15.7. The summed E-state index contributed by atoms with van der Waals surface area (Å²) in [6.07, 6.45) is 0.963. The molecule has 24 heavy (non-hydrogen) atoms. The third kappa shape index (κ3) is 2.80. The van der Waals surface area contributed by atoms with Crippen LogP contribution in [0.15, 0.2) is 42.5 Å². The Morgan fingerprint density at radius 1 is 1.17 bits per heavy atom. The van der Waals surface area contributed by atoms with Gasteiger partial charge in [0.15, 0.2) is 0 Å². The van der Waals surface area contributed by atoms with Gasteiger partial charge in [0, 0.05) is 23.1 Å². The van der Waals surface area contributed by atoms with E-state index in [-0.39, 0.29) is 5.91 Å². The molecule has 5 heteroatoms. The van der Waals surface area contributed by atoms with Gasteiger partial charge in [0.05, 0.1) is 12.3 Å². The van der Waals surface area contributed by atoms with E-state index < -0.39 is 0 Å². The van der Waals surface area contributed by atoms with E-state index in [0.29, 0.717) is 12.3 Å². The first-order valence-electron chi connectivity index (χ1n) is 8.10. The Morgan fingerprint density at radius 3 is 3.00 bits per heavy atom. The lowest BCUT2D eigenvalue weighted by Gasteiger charge is -2.10. The second-order valence-corrected chi connectivity index (χ2v) is 6.07. The molecule has 0 atom stereocenters. The minimum atomic E-state index is -0.154. The summed E-state index contributed by atoms with van der Waals surface area (Å²) < 4.78 is 5.66. The minimum absolute atomic E-state index is 0.154. The maximum Gasteiger partial charge on any atom is 0.272 e. The monoisotopic (exact) mass is 321 g/mol. The van der Waals surface area contributed by atoms with Crippen LogP contribution in [0.3, 0.4) is 0 Å². The van der Waals surface area contributed by atoms with Crippen molar-refractivity contribution < 1.29 is 9.53 Å². The van der Waals surface area contributed by atoms with Gasteiger partial charge < -0.3 is 20.4 Å². The summed E-state index contributed by atoms with van der Waals surface area (Å²) in [5.41, 5.74) is 4.34. The van der Waals surface area contributed by atoms with E-state index in [1.54, 1.807) is 0 Å². The molecule has 3 aromatic rings. The molecule has 1 aliphatic heterocycles. The Bertz CT molecular complexity index is 914. The molecule has 5 nitrogen and oxygen atoms in total. The van der Waals surface area contributed by atoms with Crippen LogP contribution in [0, 0.1) is 6.92 Å². The molecule has 2 aromatic carbocycles. The number of hydrogen-bond acceptors (Lipinski definition) is 3. The van der Waals surface area contributed by atoms with Crippen LogP contribution < -0.4 is 15.4 Å². The van der Waals surface area contributed by atoms with Gasteiger partial charge in [-0.2, -0.15) is 0 Å². The lowest BCUT2D eigenvalue weighted by Crippen LogP contribution is -2.12. The van der Waals surface area contributed by atoms with Crippen molar-refractivity contribution >= 4 is 28.2 Å². The van der Waals surface area contributed by atoms with Crippen LogP contribution >= 0.6 is 0 Å². The third-order valence-corrected chi connectivity index (χ3v) is 4.15. The van der Waals surface area contributed by atoms with Crippen LogP contribution in [0.1, 0.15) is 22.5 Å². The summed E-state index contributed by atoms with van der Waals surface area (Å²) in [5, 5.41) is 7.30. The normalized spacial score (nSPS) is 13.5. The Hall–Kier alpha value is -2.95. The standard InChI is InChI=1S/C19H19N3O2/c1-12-3-5-15-13(9-12)10-17(22-15)19(23)21-14-4-6-18-16(11-14)20-7-2-8-24-18/h3-6,9-11,20,22H,2,7-8H2,1H3,(H,21,23). The number of rotatable bonds is 2. The minimum Gasteiger partial charge on any atom is -0.491 e. The zero-order valence-electron chi connectivity index (χ0n) is 13.5. The molecule has 0 bridgehead atoms. The molecule has 1 aliphatic rings. The first-order chi connectivity index (χ1) is 11.7. The fourth-order valence-electron chi connectivity index (χ4n) is 2.92. The Morgan fingerprint density at radius 2 is 2.08 bits per heavy atom. The van der Waals surface area contributed by atoms with Gasteiger partial charge in [-0.15, -0.1) is 0 Å². The number of hydrogen-bond donors (Lipinski definition) is 3. The average Bonchev–Trinajstić information content (AvgIpc) is 2.85. The summed E-state index contributed by atoms with van der Waals surface area (Å²) in [7, 11) is 0. The largest absolute Gasteiger partial charge is 0.491 e. The molecular weight excluding hydrogens is 302 g/mol. The predicted octanol–water partition coefficient (Wildman–Crippen LogP) is 3.92. The predicted molar refractivity (Wildman–Crippen MR) is 96.0 cm³/mol. The summed E-state index contributed by atoms with van der Waals surface area (Å²) in [6.45, 7) is 3.61. The highest BCUT2D eigenvalue weighted by molar-refractivity contribution is 6.06. The Labute approximate surface area is 140 Å². The van der Waals surface area contributed by atoms with Gasteiger partial charge in [-0.3, -0.25) is 4.79 Å². The Kier molecular flexibility index (Phi) is 3.61. The number of fused-ring (bicyclic) bond motifs is 2. The highest BCUT2D eigenvalue weighted by atomic mass is 16.5. The zero-order valence-corrected chi connectivity index (χ0v) is 13.5. The van der Waals surface area contributed by atoms with Gasteiger partial charge in [0.25, 0.3) is 5.91 Å². The molecule has 1 aromatic heterocycles. The lowest BCUT2D eigenvalue weighted by atomic mass is 10.2. The number of benzene rings is 2. The van der Waals surface area contributed by atoms with Crippen LogP contribution in [0.4, 0.5) is 11.4 Å². The maximum atomic E-state index is 12.5. The van der Waals surface area contributed by atoms with Gasteiger partial charge in [-0.1, -0.05) is 11.6 Å². The number of aryl methyl sites for hydroxylation is 1. The van der Waals surface area contributed by atoms with Crippen molar-refractivity contribution in [3.8, 4) is 5.75 Å². The number of H-pyrrole nitrogens is 1. The first-order valence-corrected chi connectivity index (χ1v) is 8.10. The van der Waals surface area contributed by atoms with Crippen LogP contribution in [0.25, 0.3) is 10.9 Å². The molecule has 122 valence electrons. The molecule has 2 heterocycles. The second-order valence-electron chi connectivity index (χ2n) is 6.07. The summed E-state index contributed by atoms with van der Waals surface area (Å²) >= 11 is 0. The fraction of sp³-hybridized carbons (Fsp3) is 0.211. The fourth-order valence-corrected chi connectivity index (χ4v) is 2.92. The van der Waals surface area contributed by atoms with E-state index in [1.807, 2.05) is 43.3 Å². The molecule has 0 unspecified atom stereocenters. The van der Waals surface area contributed by atoms with Crippen molar-refractivity contribution in [1.82, 2.24) is 4.98 Å². The highest BCUT2D eigenvalue weighted by Gasteiger charge is 2.13. The summed E-state index contributed by atoms with van der Waals surface area (Å²) in [5.74, 6) is 0.671. The van der Waals surface area contributed by atoms with Gasteiger partial charge in [-0.25, -0.2) is 0 Å². The highest BCUT2D eigenvalue weighted by Crippen LogP contribution is 2.30. The number of nitrogens with one attached hydrogen (secondary N) is 3. The number of aromatic nitrogens is 1. The Balaban J connectivity index is 1.57. The third-order valence-electron chi connectivity index (χ3n) is 4.15. The number of anilines is 2. The molecule has 0 saturated carbocycles. The van der Waals surface area contributed by atoms with Gasteiger partial charge >= 0.3 is 0 Å². The van der Waals surface area contributed by atoms with Crippen molar-refractivity contribution in [1.29, 1.82) is 0 Å².